The van der Waals surface area contributed by atoms with E-state index in [0.717, 1.165) is 11.3 Å². The molecule has 2 rings (SSSR count). The predicted molar refractivity (Wildman–Crippen MR) is 43.8 cm³/mol. The number of aromatic nitrogens is 1. The number of hydrogen-bond acceptors (Lipinski definition) is 3. The third-order valence-electron chi connectivity index (χ3n) is 1.55. The Morgan fingerprint density at radius 3 is 3.08 bits per heavy atom. The summed E-state index contributed by atoms with van der Waals surface area (Å²) in [6.07, 6.45) is 4.55. The highest BCUT2D eigenvalue weighted by Gasteiger charge is 2.09. The molecular formula is C8H6ClNO2. The van der Waals surface area contributed by atoms with Crippen LogP contribution in [-0.4, -0.2) is 4.98 Å². The molecule has 0 saturated carbocycles. The molecule has 0 amide bonds. The van der Waals surface area contributed by atoms with Gasteiger partial charge in [0.05, 0.1) is 17.7 Å². The minimum atomic E-state index is 0.344. The Morgan fingerprint density at radius 1 is 1.50 bits per heavy atom. The molecule has 0 aliphatic heterocycles. The molecule has 0 saturated heterocycles. The first-order valence-electron chi connectivity index (χ1n) is 3.42. The van der Waals surface area contributed by atoms with Crippen LogP contribution in [0.25, 0.3) is 11.3 Å². The van der Waals surface area contributed by atoms with Gasteiger partial charge in [-0.05, 0) is 6.07 Å². The van der Waals surface area contributed by atoms with Crippen LogP contribution >= 0.6 is 11.6 Å². The van der Waals surface area contributed by atoms with E-state index >= 15 is 0 Å². The Morgan fingerprint density at radius 2 is 2.42 bits per heavy atom. The Labute approximate surface area is 74.0 Å². The summed E-state index contributed by atoms with van der Waals surface area (Å²) in [6.45, 7) is 0. The Balaban J connectivity index is 2.46. The Hall–Kier alpha value is -1.22. The summed E-state index contributed by atoms with van der Waals surface area (Å²) in [6, 6.07) is 1.80. The summed E-state index contributed by atoms with van der Waals surface area (Å²) in [5.74, 6) is 1.02. The molecule has 0 radical (unpaired) electrons. The molecule has 2 heterocycles. The first-order chi connectivity index (χ1) is 5.92. The molecule has 2 aromatic heterocycles. The molecule has 0 aromatic carbocycles. The SMILES string of the molecule is ClCc1ncoc1-c1ccoc1. The van der Waals surface area contributed by atoms with Crippen molar-refractivity contribution in [2.45, 2.75) is 5.88 Å². The van der Waals surface area contributed by atoms with Crippen LogP contribution in [0.5, 0.6) is 0 Å². The van der Waals surface area contributed by atoms with Gasteiger partial charge in [-0.3, -0.25) is 0 Å². The lowest BCUT2D eigenvalue weighted by molar-refractivity contribution is 0.556. The summed E-state index contributed by atoms with van der Waals surface area (Å²) in [4.78, 5) is 3.95. The number of rotatable bonds is 2. The van der Waals surface area contributed by atoms with Crippen molar-refractivity contribution in [3.63, 3.8) is 0 Å². The minimum Gasteiger partial charge on any atom is -0.472 e. The summed E-state index contributed by atoms with van der Waals surface area (Å²) >= 11 is 5.64. The van der Waals surface area contributed by atoms with Gasteiger partial charge in [-0.25, -0.2) is 4.98 Å². The fraction of sp³-hybridized carbons (Fsp3) is 0.125. The largest absolute Gasteiger partial charge is 0.472 e. The molecule has 62 valence electrons. The first-order valence-corrected chi connectivity index (χ1v) is 3.96. The smallest absolute Gasteiger partial charge is 0.181 e. The van der Waals surface area contributed by atoms with Crippen LogP contribution in [0, 0.1) is 0 Å². The molecular weight excluding hydrogens is 178 g/mol. The maximum absolute atomic E-state index is 5.64. The molecule has 0 aliphatic rings. The highest BCUT2D eigenvalue weighted by Crippen LogP contribution is 2.24. The van der Waals surface area contributed by atoms with E-state index in [-0.39, 0.29) is 0 Å². The molecule has 4 heteroatoms. The minimum absolute atomic E-state index is 0.344. The number of furan rings is 1. The van der Waals surface area contributed by atoms with Crippen molar-refractivity contribution in [2.24, 2.45) is 0 Å². The van der Waals surface area contributed by atoms with Crippen molar-refractivity contribution in [3.05, 3.63) is 30.7 Å². The zero-order chi connectivity index (χ0) is 8.39. The van der Waals surface area contributed by atoms with Crippen LogP contribution in [0.3, 0.4) is 0 Å². The lowest BCUT2D eigenvalue weighted by atomic mass is 10.2. The number of alkyl halides is 1. The van der Waals surface area contributed by atoms with Gasteiger partial charge in [0.2, 0.25) is 0 Å². The fourth-order valence-electron chi connectivity index (χ4n) is 0.993. The summed E-state index contributed by atoms with van der Waals surface area (Å²) in [7, 11) is 0. The van der Waals surface area contributed by atoms with E-state index in [1.165, 1.54) is 6.39 Å². The molecule has 0 N–H and O–H groups in total. The number of hydrogen-bond donors (Lipinski definition) is 0. The van der Waals surface area contributed by atoms with E-state index in [2.05, 4.69) is 4.98 Å². The van der Waals surface area contributed by atoms with Crippen LogP contribution in [0.2, 0.25) is 0 Å². The van der Waals surface area contributed by atoms with Gasteiger partial charge in [0.15, 0.2) is 12.2 Å². The third kappa shape index (κ3) is 1.12. The zero-order valence-corrected chi connectivity index (χ0v) is 6.91. The van der Waals surface area contributed by atoms with E-state index in [1.54, 1.807) is 18.6 Å². The fourth-order valence-corrected chi connectivity index (χ4v) is 1.18. The van der Waals surface area contributed by atoms with Crippen LogP contribution < -0.4 is 0 Å². The molecule has 2 aromatic rings. The van der Waals surface area contributed by atoms with E-state index in [1.807, 2.05) is 0 Å². The van der Waals surface area contributed by atoms with Gasteiger partial charge in [0.1, 0.15) is 12.0 Å². The van der Waals surface area contributed by atoms with Crippen molar-refractivity contribution >= 4 is 11.6 Å². The molecule has 0 bridgehead atoms. The maximum atomic E-state index is 5.64. The summed E-state index contributed by atoms with van der Waals surface area (Å²) in [5, 5.41) is 0. The molecule has 0 aliphatic carbocycles. The summed E-state index contributed by atoms with van der Waals surface area (Å²) in [5.41, 5.74) is 1.60. The van der Waals surface area contributed by atoms with Gasteiger partial charge in [-0.1, -0.05) is 0 Å². The second kappa shape index (κ2) is 3.03. The predicted octanol–water partition coefficient (Wildman–Crippen LogP) is 2.67. The highest BCUT2D eigenvalue weighted by atomic mass is 35.5. The Kier molecular flexibility index (Phi) is 1.87. The normalized spacial score (nSPS) is 10.4. The standard InChI is InChI=1S/C8H6ClNO2/c9-3-7-8(12-5-10-7)6-1-2-11-4-6/h1-2,4-5H,3H2. The highest BCUT2D eigenvalue weighted by molar-refractivity contribution is 6.17. The Bertz CT molecular complexity index is 353. The molecule has 0 atom stereocenters. The van der Waals surface area contributed by atoms with Crippen molar-refractivity contribution in [1.29, 1.82) is 0 Å². The third-order valence-corrected chi connectivity index (χ3v) is 1.80. The number of halogens is 1. The second-order valence-electron chi connectivity index (χ2n) is 2.27. The molecule has 12 heavy (non-hydrogen) atoms. The summed E-state index contributed by atoms with van der Waals surface area (Å²) < 4.78 is 10.1. The average molecular weight is 184 g/mol. The maximum Gasteiger partial charge on any atom is 0.181 e. The van der Waals surface area contributed by atoms with Crippen molar-refractivity contribution in [3.8, 4) is 11.3 Å². The van der Waals surface area contributed by atoms with Crippen LogP contribution in [-0.2, 0) is 5.88 Å². The van der Waals surface area contributed by atoms with Gasteiger partial charge >= 0.3 is 0 Å². The van der Waals surface area contributed by atoms with Crippen LogP contribution in [0.4, 0.5) is 0 Å². The van der Waals surface area contributed by atoms with Crippen molar-refractivity contribution in [2.75, 3.05) is 0 Å². The van der Waals surface area contributed by atoms with Gasteiger partial charge in [0.25, 0.3) is 0 Å². The lowest BCUT2D eigenvalue weighted by Gasteiger charge is -1.90. The van der Waals surface area contributed by atoms with Gasteiger partial charge in [-0.15, -0.1) is 11.6 Å². The number of oxazole rings is 1. The molecule has 3 nitrogen and oxygen atoms in total. The quantitative estimate of drug-likeness (QED) is 0.672. The van der Waals surface area contributed by atoms with E-state index in [9.17, 15) is 0 Å². The van der Waals surface area contributed by atoms with E-state index in [4.69, 9.17) is 20.4 Å². The monoisotopic (exact) mass is 183 g/mol. The van der Waals surface area contributed by atoms with Crippen molar-refractivity contribution < 1.29 is 8.83 Å². The zero-order valence-electron chi connectivity index (χ0n) is 6.16. The number of nitrogens with zero attached hydrogens (tertiary/aromatic N) is 1. The van der Waals surface area contributed by atoms with E-state index in [0.29, 0.717) is 11.6 Å². The molecule has 0 unspecified atom stereocenters. The van der Waals surface area contributed by atoms with Crippen molar-refractivity contribution in [1.82, 2.24) is 4.98 Å². The first kappa shape index (κ1) is 7.43. The van der Waals surface area contributed by atoms with E-state index < -0.39 is 0 Å². The average Bonchev–Trinajstić information content (AvgIpc) is 2.74. The van der Waals surface area contributed by atoms with Crippen LogP contribution in [0.15, 0.2) is 33.8 Å². The second-order valence-corrected chi connectivity index (χ2v) is 2.54. The van der Waals surface area contributed by atoms with Gasteiger partial charge < -0.3 is 8.83 Å². The van der Waals surface area contributed by atoms with Gasteiger partial charge in [0, 0.05) is 0 Å². The molecule has 0 spiro atoms. The molecule has 0 fully saturated rings. The topological polar surface area (TPSA) is 39.2 Å². The van der Waals surface area contributed by atoms with Gasteiger partial charge in [-0.2, -0.15) is 0 Å². The van der Waals surface area contributed by atoms with Crippen LogP contribution in [0.1, 0.15) is 5.69 Å². The lowest BCUT2D eigenvalue weighted by Crippen LogP contribution is -1.79.